The van der Waals surface area contributed by atoms with E-state index in [4.69, 9.17) is 15.2 Å². The lowest BCUT2D eigenvalue weighted by molar-refractivity contribution is -0.154. The number of rotatable bonds is 3. The van der Waals surface area contributed by atoms with Gasteiger partial charge in [0.05, 0.1) is 0 Å². The summed E-state index contributed by atoms with van der Waals surface area (Å²) in [6.07, 6.45) is 3.74. The van der Waals surface area contributed by atoms with E-state index in [0.717, 1.165) is 19.3 Å². The molecule has 0 aliphatic carbocycles. The van der Waals surface area contributed by atoms with E-state index < -0.39 is 6.30 Å². The molecule has 1 saturated heterocycles. The predicted molar refractivity (Wildman–Crippen MR) is 77.2 cm³/mol. The Hall–Kier alpha value is -2.24. The highest BCUT2D eigenvalue weighted by Crippen LogP contribution is 2.19. The quantitative estimate of drug-likeness (QED) is 0.863. The molecule has 0 radical (unpaired) electrons. The van der Waals surface area contributed by atoms with Gasteiger partial charge >= 0.3 is 0 Å². The fraction of sp³-hybridized carbons (Fsp3) is 0.500. The fourth-order valence-electron chi connectivity index (χ4n) is 2.21. The summed E-state index contributed by atoms with van der Waals surface area (Å²) in [5.41, 5.74) is 6.33. The molecule has 3 rings (SSSR count). The summed E-state index contributed by atoms with van der Waals surface area (Å²) in [5.74, 6) is 5.32. The number of aromatic nitrogens is 4. The van der Waals surface area contributed by atoms with Crippen LogP contribution in [0.1, 0.15) is 25.6 Å². The maximum atomic E-state index is 14.2. The Kier molecular flexibility index (Phi) is 4.46. The third-order valence-corrected chi connectivity index (χ3v) is 3.33. The first-order chi connectivity index (χ1) is 10.8. The van der Waals surface area contributed by atoms with E-state index in [0.29, 0.717) is 17.8 Å². The second kappa shape index (κ2) is 6.68. The minimum atomic E-state index is -1.57. The number of nitrogens with two attached hydrogens (primary N) is 1. The summed E-state index contributed by atoms with van der Waals surface area (Å²) in [4.78, 5) is 11.8. The van der Waals surface area contributed by atoms with Crippen LogP contribution in [0.4, 0.5) is 10.2 Å². The predicted octanol–water partition coefficient (Wildman–Crippen LogP) is 1.42. The number of halogens is 1. The van der Waals surface area contributed by atoms with Crippen molar-refractivity contribution in [3.05, 3.63) is 12.7 Å². The highest BCUT2D eigenvalue weighted by atomic mass is 19.1. The summed E-state index contributed by atoms with van der Waals surface area (Å²) < 4.78 is 26.2. The normalized spacial score (nSPS) is 19.6. The molecule has 8 heteroatoms. The molecule has 3 heterocycles. The largest absolute Gasteiger partial charge is 0.382 e. The van der Waals surface area contributed by atoms with Gasteiger partial charge in [0.2, 0.25) is 6.30 Å². The van der Waals surface area contributed by atoms with Crippen LogP contribution in [0.5, 0.6) is 0 Å². The van der Waals surface area contributed by atoms with Gasteiger partial charge in [-0.15, -0.1) is 0 Å². The Bertz CT molecular complexity index is 702. The van der Waals surface area contributed by atoms with Gasteiger partial charge in [-0.25, -0.2) is 19.3 Å². The van der Waals surface area contributed by atoms with Crippen molar-refractivity contribution >= 4 is 17.0 Å². The summed E-state index contributed by atoms with van der Waals surface area (Å²) in [7, 11) is 0. The number of hydrogen-bond donors (Lipinski definition) is 1. The smallest absolute Gasteiger partial charge is 0.240 e. The van der Waals surface area contributed by atoms with E-state index in [1.54, 1.807) is 0 Å². The zero-order valence-corrected chi connectivity index (χ0v) is 11.9. The van der Waals surface area contributed by atoms with Crippen molar-refractivity contribution in [2.75, 3.05) is 18.9 Å². The maximum absolute atomic E-state index is 14.2. The number of nitrogens with zero attached hydrogens (tertiary/aromatic N) is 4. The van der Waals surface area contributed by atoms with Crippen LogP contribution >= 0.6 is 0 Å². The van der Waals surface area contributed by atoms with Crippen molar-refractivity contribution in [3.63, 3.8) is 0 Å². The van der Waals surface area contributed by atoms with Crippen LogP contribution in [0.15, 0.2) is 12.7 Å². The van der Waals surface area contributed by atoms with E-state index in [-0.39, 0.29) is 18.7 Å². The lowest BCUT2D eigenvalue weighted by Gasteiger charge is -2.21. The summed E-state index contributed by atoms with van der Waals surface area (Å²) >= 11 is 0. The van der Waals surface area contributed by atoms with Crippen molar-refractivity contribution in [3.8, 4) is 11.8 Å². The van der Waals surface area contributed by atoms with Gasteiger partial charge in [-0.05, 0) is 25.2 Å². The molecule has 2 N–H and O–H groups in total. The first-order valence-corrected chi connectivity index (χ1v) is 7.04. The molecule has 1 fully saturated rings. The Morgan fingerprint density at radius 2 is 2.36 bits per heavy atom. The highest BCUT2D eigenvalue weighted by Gasteiger charge is 2.14. The van der Waals surface area contributed by atoms with Gasteiger partial charge in [-0.3, -0.25) is 4.57 Å². The summed E-state index contributed by atoms with van der Waals surface area (Å²) in [5, 5.41) is 0. The number of ether oxygens (including phenoxy) is 2. The van der Waals surface area contributed by atoms with Gasteiger partial charge in [-0.2, -0.15) is 0 Å². The average molecular weight is 305 g/mol. The Labute approximate surface area is 126 Å². The second-order valence-corrected chi connectivity index (χ2v) is 4.85. The summed E-state index contributed by atoms with van der Waals surface area (Å²) in [6.45, 7) is 0.820. The molecule has 1 aliphatic rings. The van der Waals surface area contributed by atoms with Crippen LogP contribution in [0.2, 0.25) is 0 Å². The number of alkyl halides is 1. The van der Waals surface area contributed by atoms with Crippen molar-refractivity contribution in [1.82, 2.24) is 19.5 Å². The van der Waals surface area contributed by atoms with Gasteiger partial charge in [0, 0.05) is 6.61 Å². The molecule has 2 aromatic rings. The zero-order chi connectivity index (χ0) is 15.4. The molecule has 0 spiro atoms. The lowest BCUT2D eigenvalue weighted by Crippen LogP contribution is -2.22. The highest BCUT2D eigenvalue weighted by molar-refractivity contribution is 5.81. The van der Waals surface area contributed by atoms with Crippen molar-refractivity contribution in [2.45, 2.75) is 31.8 Å². The number of anilines is 1. The van der Waals surface area contributed by atoms with Crippen LogP contribution in [-0.2, 0) is 9.47 Å². The maximum Gasteiger partial charge on any atom is 0.240 e. The molecule has 116 valence electrons. The Balaban J connectivity index is 1.62. The lowest BCUT2D eigenvalue weighted by atomic mass is 10.2. The van der Waals surface area contributed by atoms with Crippen LogP contribution < -0.4 is 5.73 Å². The van der Waals surface area contributed by atoms with Crippen LogP contribution in [-0.4, -0.2) is 39.0 Å². The molecular formula is C14H16FN5O2. The van der Waals surface area contributed by atoms with E-state index in [2.05, 4.69) is 26.8 Å². The molecule has 0 bridgehead atoms. The van der Waals surface area contributed by atoms with Crippen LogP contribution in [0.25, 0.3) is 11.2 Å². The minimum Gasteiger partial charge on any atom is -0.382 e. The molecule has 1 aliphatic heterocycles. The molecular weight excluding hydrogens is 289 g/mol. The van der Waals surface area contributed by atoms with Crippen molar-refractivity contribution in [2.24, 2.45) is 0 Å². The zero-order valence-electron chi connectivity index (χ0n) is 11.9. The molecule has 0 aromatic carbocycles. The third-order valence-electron chi connectivity index (χ3n) is 3.33. The molecule has 0 amide bonds. The molecule has 2 atom stereocenters. The average Bonchev–Trinajstić information content (AvgIpc) is 2.98. The van der Waals surface area contributed by atoms with Gasteiger partial charge < -0.3 is 15.2 Å². The number of imidazole rings is 1. The Morgan fingerprint density at radius 3 is 3.18 bits per heavy atom. The third kappa shape index (κ3) is 3.16. The van der Waals surface area contributed by atoms with E-state index in [9.17, 15) is 4.39 Å². The van der Waals surface area contributed by atoms with E-state index in [1.807, 2.05) is 0 Å². The van der Waals surface area contributed by atoms with Crippen LogP contribution in [0, 0.1) is 11.8 Å². The SMILES string of the molecule is Nc1ncnc2c1ncn2C(F)C#CCOC1CCCCO1. The molecule has 2 aromatic heterocycles. The Morgan fingerprint density at radius 1 is 1.45 bits per heavy atom. The monoisotopic (exact) mass is 305 g/mol. The molecule has 2 unspecified atom stereocenters. The first-order valence-electron chi connectivity index (χ1n) is 7.04. The molecule has 22 heavy (non-hydrogen) atoms. The fourth-order valence-corrected chi connectivity index (χ4v) is 2.21. The van der Waals surface area contributed by atoms with Crippen LogP contribution in [0.3, 0.4) is 0 Å². The van der Waals surface area contributed by atoms with Gasteiger partial charge in [-0.1, -0.05) is 5.92 Å². The van der Waals surface area contributed by atoms with Gasteiger partial charge in [0.15, 0.2) is 17.8 Å². The molecule has 7 nitrogen and oxygen atoms in total. The number of nitrogen functional groups attached to an aromatic ring is 1. The van der Waals surface area contributed by atoms with E-state index in [1.165, 1.54) is 17.2 Å². The second-order valence-electron chi connectivity index (χ2n) is 4.85. The van der Waals surface area contributed by atoms with Crippen molar-refractivity contribution in [1.29, 1.82) is 0 Å². The summed E-state index contributed by atoms with van der Waals surface area (Å²) in [6, 6.07) is 0. The van der Waals surface area contributed by atoms with Gasteiger partial charge in [0.1, 0.15) is 24.8 Å². The van der Waals surface area contributed by atoms with E-state index >= 15 is 0 Å². The number of hydrogen-bond acceptors (Lipinski definition) is 6. The first kappa shape index (κ1) is 14.7. The van der Waals surface area contributed by atoms with Crippen molar-refractivity contribution < 1.29 is 13.9 Å². The minimum absolute atomic E-state index is 0.120. The van der Waals surface area contributed by atoms with Gasteiger partial charge in [0.25, 0.3) is 0 Å². The standard InChI is InChI=1S/C14H16FN5O2/c15-10(4-3-7-22-11-5-1-2-6-21-11)20-9-19-12-13(16)17-8-18-14(12)20/h8-11H,1-2,5-7H2,(H2,16,17,18). The topological polar surface area (TPSA) is 88.1 Å². The number of fused-ring (bicyclic) bond motifs is 1. The molecule has 0 saturated carbocycles.